The van der Waals surface area contributed by atoms with Crippen molar-refractivity contribution in [2.75, 3.05) is 5.75 Å². The van der Waals surface area contributed by atoms with Gasteiger partial charge in [0.2, 0.25) is 5.91 Å². The molecule has 1 atom stereocenters. The third-order valence-electron chi connectivity index (χ3n) is 3.96. The molecule has 2 rings (SSSR count). The number of amides is 1. The van der Waals surface area contributed by atoms with Crippen molar-refractivity contribution in [3.63, 3.8) is 0 Å². The van der Waals surface area contributed by atoms with E-state index in [4.69, 9.17) is 0 Å². The van der Waals surface area contributed by atoms with Gasteiger partial charge in [-0.05, 0) is 37.8 Å². The van der Waals surface area contributed by atoms with Gasteiger partial charge < -0.3 is 4.90 Å². The molecule has 20 heavy (non-hydrogen) atoms. The van der Waals surface area contributed by atoms with Gasteiger partial charge in [-0.25, -0.2) is 0 Å². The van der Waals surface area contributed by atoms with Crippen molar-refractivity contribution >= 4 is 17.7 Å². The van der Waals surface area contributed by atoms with Crippen LogP contribution in [0.4, 0.5) is 0 Å². The van der Waals surface area contributed by atoms with Crippen molar-refractivity contribution in [2.24, 2.45) is 5.92 Å². The van der Waals surface area contributed by atoms with E-state index in [0.717, 1.165) is 5.75 Å². The van der Waals surface area contributed by atoms with Crippen LogP contribution in [0, 0.1) is 5.92 Å². The molecule has 0 heterocycles. The Bertz CT molecular complexity index is 428. The lowest BCUT2D eigenvalue weighted by atomic mass is 10.0. The van der Waals surface area contributed by atoms with Crippen molar-refractivity contribution in [3.05, 3.63) is 30.3 Å². The molecule has 0 spiro atoms. The largest absolute Gasteiger partial charge is 0.337 e. The molecule has 0 aliphatic heterocycles. The minimum absolute atomic E-state index is 0.331. The van der Waals surface area contributed by atoms with Crippen LogP contribution >= 0.6 is 11.8 Å². The maximum atomic E-state index is 12.5. The van der Waals surface area contributed by atoms with E-state index in [1.807, 2.05) is 18.2 Å². The maximum absolute atomic E-state index is 12.5. The number of nitrogens with zero attached hydrogens (tertiary/aromatic N) is 1. The van der Waals surface area contributed by atoms with Crippen LogP contribution in [0.15, 0.2) is 35.2 Å². The lowest BCUT2D eigenvalue weighted by Gasteiger charge is -2.32. The Balaban J connectivity index is 1.83. The molecule has 1 unspecified atom stereocenters. The van der Waals surface area contributed by atoms with Gasteiger partial charge >= 0.3 is 0 Å². The minimum Gasteiger partial charge on any atom is -0.337 e. The molecule has 110 valence electrons. The van der Waals surface area contributed by atoms with Crippen molar-refractivity contribution in [2.45, 2.75) is 57.0 Å². The summed E-state index contributed by atoms with van der Waals surface area (Å²) in [6.45, 7) is 6.59. The molecule has 0 saturated heterocycles. The second-order valence-electron chi connectivity index (χ2n) is 5.93. The smallest absolute Gasteiger partial charge is 0.223 e. The number of hydrogen-bond donors (Lipinski definition) is 0. The predicted molar refractivity (Wildman–Crippen MR) is 86.0 cm³/mol. The molecule has 0 radical (unpaired) electrons. The molecule has 0 bridgehead atoms. The molecule has 0 aromatic heterocycles. The van der Waals surface area contributed by atoms with E-state index >= 15 is 0 Å². The fourth-order valence-electron chi connectivity index (χ4n) is 2.34. The van der Waals surface area contributed by atoms with E-state index in [0.29, 0.717) is 30.3 Å². The second-order valence-corrected chi connectivity index (χ2v) is 7.10. The van der Waals surface area contributed by atoms with Gasteiger partial charge in [0.05, 0.1) is 0 Å². The van der Waals surface area contributed by atoms with Crippen LogP contribution in [0.2, 0.25) is 0 Å². The first-order valence-electron chi connectivity index (χ1n) is 7.58. The number of rotatable bonds is 7. The van der Waals surface area contributed by atoms with Gasteiger partial charge in [0.15, 0.2) is 0 Å². The van der Waals surface area contributed by atoms with Gasteiger partial charge in [-0.2, -0.15) is 0 Å². The van der Waals surface area contributed by atoms with Gasteiger partial charge in [-0.3, -0.25) is 4.79 Å². The van der Waals surface area contributed by atoms with Crippen molar-refractivity contribution in [1.29, 1.82) is 0 Å². The number of carbonyl (C=O) groups excluding carboxylic acids is 1. The molecule has 1 saturated carbocycles. The van der Waals surface area contributed by atoms with E-state index in [2.05, 4.69) is 37.8 Å². The van der Waals surface area contributed by atoms with Crippen molar-refractivity contribution in [3.8, 4) is 0 Å². The molecule has 0 N–H and O–H groups in total. The van der Waals surface area contributed by atoms with Crippen LogP contribution in [-0.2, 0) is 4.79 Å². The number of thioether (sulfide) groups is 1. The summed E-state index contributed by atoms with van der Waals surface area (Å²) >= 11 is 1.77. The summed E-state index contributed by atoms with van der Waals surface area (Å²) in [6.07, 6.45) is 3.02. The molecule has 3 heteroatoms. The third kappa shape index (κ3) is 4.27. The molecule has 2 nitrogen and oxygen atoms in total. The van der Waals surface area contributed by atoms with E-state index in [-0.39, 0.29) is 0 Å². The highest BCUT2D eigenvalue weighted by atomic mass is 32.2. The van der Waals surface area contributed by atoms with Gasteiger partial charge in [0.1, 0.15) is 0 Å². The van der Waals surface area contributed by atoms with Gasteiger partial charge in [-0.1, -0.05) is 32.0 Å². The minimum atomic E-state index is 0.331. The summed E-state index contributed by atoms with van der Waals surface area (Å²) in [5.74, 6) is 1.73. The van der Waals surface area contributed by atoms with Crippen LogP contribution in [0.5, 0.6) is 0 Å². The lowest BCUT2D eigenvalue weighted by Crippen LogP contribution is -2.43. The SMILES string of the molecule is CC(C)C(C)N(C(=O)CCSc1ccccc1)C1CC1. The van der Waals surface area contributed by atoms with E-state index in [1.54, 1.807) is 11.8 Å². The number of hydrogen-bond acceptors (Lipinski definition) is 2. The Hall–Kier alpha value is -0.960. The molecule has 1 fully saturated rings. The predicted octanol–water partition coefficient (Wildman–Crippen LogP) is 4.20. The topological polar surface area (TPSA) is 20.3 Å². The fraction of sp³-hybridized carbons (Fsp3) is 0.588. The first-order valence-corrected chi connectivity index (χ1v) is 8.57. The summed E-state index contributed by atoms with van der Waals surface area (Å²) < 4.78 is 0. The fourth-order valence-corrected chi connectivity index (χ4v) is 3.20. The highest BCUT2D eigenvalue weighted by Crippen LogP contribution is 2.31. The van der Waals surface area contributed by atoms with Crippen LogP contribution in [0.3, 0.4) is 0 Å². The lowest BCUT2D eigenvalue weighted by molar-refractivity contribution is -0.134. The summed E-state index contributed by atoms with van der Waals surface area (Å²) in [4.78, 5) is 15.9. The summed E-state index contributed by atoms with van der Waals surface area (Å²) in [6, 6.07) is 11.2. The Kier molecular flexibility index (Phi) is 5.53. The van der Waals surface area contributed by atoms with Crippen molar-refractivity contribution < 1.29 is 4.79 Å². The summed E-state index contributed by atoms with van der Waals surface area (Å²) in [7, 11) is 0. The zero-order valence-electron chi connectivity index (χ0n) is 12.7. The Labute approximate surface area is 126 Å². The summed E-state index contributed by atoms with van der Waals surface area (Å²) in [5.41, 5.74) is 0. The molecular weight excluding hydrogens is 266 g/mol. The standard InChI is InChI=1S/C17H25NOS/c1-13(2)14(3)18(15-9-10-15)17(19)11-12-20-16-7-5-4-6-8-16/h4-8,13-15H,9-12H2,1-3H3. The third-order valence-corrected chi connectivity index (χ3v) is 4.97. The summed E-state index contributed by atoms with van der Waals surface area (Å²) in [5, 5.41) is 0. The second kappa shape index (κ2) is 7.16. The molecule has 1 aliphatic rings. The first-order chi connectivity index (χ1) is 9.59. The first kappa shape index (κ1) is 15.4. The molecule has 1 aromatic rings. The highest BCUT2D eigenvalue weighted by Gasteiger charge is 2.36. The Morgan fingerprint density at radius 2 is 1.90 bits per heavy atom. The molecule has 1 aliphatic carbocycles. The molecular formula is C17H25NOS. The number of carbonyl (C=O) groups is 1. The van der Waals surface area contributed by atoms with Crippen LogP contribution in [-0.4, -0.2) is 28.6 Å². The monoisotopic (exact) mass is 291 g/mol. The highest BCUT2D eigenvalue weighted by molar-refractivity contribution is 7.99. The van der Waals surface area contributed by atoms with Gasteiger partial charge in [-0.15, -0.1) is 11.8 Å². The van der Waals surface area contributed by atoms with E-state index in [9.17, 15) is 4.79 Å². The Morgan fingerprint density at radius 3 is 2.45 bits per heavy atom. The van der Waals surface area contributed by atoms with E-state index < -0.39 is 0 Å². The zero-order valence-corrected chi connectivity index (χ0v) is 13.5. The number of benzene rings is 1. The van der Waals surface area contributed by atoms with Gasteiger partial charge in [0.25, 0.3) is 0 Å². The van der Waals surface area contributed by atoms with Gasteiger partial charge in [0, 0.05) is 29.2 Å². The molecule has 1 aromatic carbocycles. The van der Waals surface area contributed by atoms with Crippen LogP contribution < -0.4 is 0 Å². The van der Waals surface area contributed by atoms with E-state index in [1.165, 1.54) is 17.7 Å². The van der Waals surface area contributed by atoms with Crippen LogP contribution in [0.25, 0.3) is 0 Å². The Morgan fingerprint density at radius 1 is 1.25 bits per heavy atom. The zero-order chi connectivity index (χ0) is 14.5. The molecule has 1 amide bonds. The van der Waals surface area contributed by atoms with Crippen LogP contribution in [0.1, 0.15) is 40.0 Å². The average molecular weight is 291 g/mol. The normalized spacial score (nSPS) is 16.2. The maximum Gasteiger partial charge on any atom is 0.223 e. The average Bonchev–Trinajstić information content (AvgIpc) is 3.24. The van der Waals surface area contributed by atoms with Crippen molar-refractivity contribution in [1.82, 2.24) is 4.90 Å². The quantitative estimate of drug-likeness (QED) is 0.702.